The highest BCUT2D eigenvalue weighted by atomic mass is 32.1. The Morgan fingerprint density at radius 3 is 2.95 bits per heavy atom. The Labute approximate surface area is 131 Å². The number of hydrogen-bond donors (Lipinski definition) is 0. The molecule has 0 unspecified atom stereocenters. The molecule has 0 radical (unpaired) electrons. The topological polar surface area (TPSA) is 55.3 Å². The number of amides is 1. The van der Waals surface area contributed by atoms with Gasteiger partial charge in [0.15, 0.2) is 0 Å². The molecular weight excluding hydrogens is 306 g/mol. The molecule has 0 saturated carbocycles. The van der Waals surface area contributed by atoms with Gasteiger partial charge in [-0.05, 0) is 17.5 Å². The molecule has 7 heteroatoms. The zero-order valence-electron chi connectivity index (χ0n) is 11.3. The normalized spacial score (nSPS) is 16.5. The second-order valence-corrected chi connectivity index (χ2v) is 6.27. The third kappa shape index (κ3) is 3.89. The van der Waals surface area contributed by atoms with Crippen molar-refractivity contribution in [3.8, 4) is 5.88 Å². The Morgan fingerprint density at radius 2 is 2.29 bits per heavy atom. The number of likely N-dealkylation sites (tertiary alicyclic amines) is 1. The SMILES string of the molecule is O=C(C=Cc1cccs1)N1CCC(Oc2cnsn2)CC1. The highest BCUT2D eigenvalue weighted by Crippen LogP contribution is 2.18. The lowest BCUT2D eigenvalue weighted by molar-refractivity contribution is -0.127. The van der Waals surface area contributed by atoms with E-state index in [1.165, 1.54) is 0 Å². The average Bonchev–Trinajstić information content (AvgIpc) is 3.19. The molecule has 0 bridgehead atoms. The van der Waals surface area contributed by atoms with Crippen LogP contribution < -0.4 is 4.74 Å². The third-order valence-corrected chi connectivity index (χ3v) is 4.61. The fourth-order valence-corrected chi connectivity index (χ4v) is 3.19. The molecule has 1 saturated heterocycles. The first-order chi connectivity index (χ1) is 10.3. The summed E-state index contributed by atoms with van der Waals surface area (Å²) < 4.78 is 13.7. The Hall–Kier alpha value is -1.73. The second-order valence-electron chi connectivity index (χ2n) is 4.74. The van der Waals surface area contributed by atoms with Gasteiger partial charge in [-0.3, -0.25) is 4.79 Å². The van der Waals surface area contributed by atoms with Crippen molar-refractivity contribution in [3.05, 3.63) is 34.7 Å². The summed E-state index contributed by atoms with van der Waals surface area (Å²) in [5.41, 5.74) is 0. The molecule has 2 aromatic heterocycles. The Balaban J connectivity index is 1.47. The minimum absolute atomic E-state index is 0.0668. The summed E-state index contributed by atoms with van der Waals surface area (Å²) >= 11 is 2.77. The summed E-state index contributed by atoms with van der Waals surface area (Å²) in [6.07, 6.45) is 6.94. The maximum atomic E-state index is 12.1. The predicted octanol–water partition coefficient (Wildman–Crippen LogP) is 2.68. The van der Waals surface area contributed by atoms with E-state index in [1.54, 1.807) is 23.6 Å². The zero-order valence-corrected chi connectivity index (χ0v) is 13.0. The van der Waals surface area contributed by atoms with Gasteiger partial charge in [0.05, 0.1) is 11.7 Å². The summed E-state index contributed by atoms with van der Waals surface area (Å²) in [6, 6.07) is 3.97. The minimum atomic E-state index is 0.0668. The van der Waals surface area contributed by atoms with E-state index < -0.39 is 0 Å². The highest BCUT2D eigenvalue weighted by Gasteiger charge is 2.23. The van der Waals surface area contributed by atoms with Crippen LogP contribution in [0, 0.1) is 0 Å². The van der Waals surface area contributed by atoms with Crippen LogP contribution in [0.3, 0.4) is 0 Å². The number of carbonyl (C=O) groups excluding carboxylic acids is 1. The Kier molecular flexibility index (Phi) is 4.62. The molecule has 0 N–H and O–H groups in total. The fraction of sp³-hybridized carbons (Fsp3) is 0.357. The molecule has 1 aliphatic rings. The molecule has 5 nitrogen and oxygen atoms in total. The number of ether oxygens (including phenoxy) is 1. The Bertz CT molecular complexity index is 588. The van der Waals surface area contributed by atoms with Crippen LogP contribution in [0.1, 0.15) is 17.7 Å². The van der Waals surface area contributed by atoms with Crippen LogP contribution in [0.4, 0.5) is 0 Å². The van der Waals surface area contributed by atoms with Crippen molar-refractivity contribution in [1.29, 1.82) is 0 Å². The average molecular weight is 321 g/mol. The summed E-state index contributed by atoms with van der Waals surface area (Å²) in [4.78, 5) is 15.1. The maximum absolute atomic E-state index is 12.1. The highest BCUT2D eigenvalue weighted by molar-refractivity contribution is 7.10. The molecule has 0 atom stereocenters. The van der Waals surface area contributed by atoms with Crippen molar-refractivity contribution in [2.45, 2.75) is 18.9 Å². The molecule has 110 valence electrons. The van der Waals surface area contributed by atoms with E-state index in [1.807, 2.05) is 28.5 Å². The first-order valence-corrected chi connectivity index (χ1v) is 8.37. The fourth-order valence-electron chi connectivity index (χ4n) is 2.22. The van der Waals surface area contributed by atoms with Gasteiger partial charge in [-0.25, -0.2) is 0 Å². The van der Waals surface area contributed by atoms with E-state index in [2.05, 4.69) is 8.75 Å². The van der Waals surface area contributed by atoms with E-state index in [-0.39, 0.29) is 12.0 Å². The van der Waals surface area contributed by atoms with Crippen molar-refractivity contribution >= 4 is 35.0 Å². The van der Waals surface area contributed by atoms with Gasteiger partial charge in [-0.1, -0.05) is 6.07 Å². The summed E-state index contributed by atoms with van der Waals surface area (Å²) in [5, 5.41) is 2.00. The van der Waals surface area contributed by atoms with Crippen molar-refractivity contribution in [2.24, 2.45) is 0 Å². The molecule has 0 aromatic carbocycles. The van der Waals surface area contributed by atoms with Gasteiger partial charge >= 0.3 is 0 Å². The molecule has 3 heterocycles. The van der Waals surface area contributed by atoms with Crippen LogP contribution in [0.15, 0.2) is 29.8 Å². The van der Waals surface area contributed by atoms with Gasteiger partial charge in [0.2, 0.25) is 11.8 Å². The Morgan fingerprint density at radius 1 is 1.43 bits per heavy atom. The van der Waals surface area contributed by atoms with E-state index in [0.717, 1.165) is 42.5 Å². The van der Waals surface area contributed by atoms with Crippen LogP contribution in [0.5, 0.6) is 5.88 Å². The predicted molar refractivity (Wildman–Crippen MR) is 83.5 cm³/mol. The number of rotatable bonds is 4. The van der Waals surface area contributed by atoms with Gasteiger partial charge in [0.1, 0.15) is 12.3 Å². The second kappa shape index (κ2) is 6.82. The molecule has 3 rings (SSSR count). The van der Waals surface area contributed by atoms with Crippen molar-refractivity contribution < 1.29 is 9.53 Å². The standard InChI is InChI=1S/C14H15N3O2S2/c18-14(4-3-12-2-1-9-20-12)17-7-5-11(6-8-17)19-13-10-15-21-16-13/h1-4,9-11H,5-8H2. The lowest BCUT2D eigenvalue weighted by Gasteiger charge is -2.30. The number of aromatic nitrogens is 2. The van der Waals surface area contributed by atoms with Crippen LogP contribution in [0.2, 0.25) is 0 Å². The van der Waals surface area contributed by atoms with Crippen molar-refractivity contribution in [2.75, 3.05) is 13.1 Å². The molecular formula is C14H15N3O2S2. The minimum Gasteiger partial charge on any atom is -0.472 e. The van der Waals surface area contributed by atoms with Crippen LogP contribution in [-0.2, 0) is 4.79 Å². The first-order valence-electron chi connectivity index (χ1n) is 6.76. The van der Waals surface area contributed by atoms with E-state index in [0.29, 0.717) is 5.88 Å². The van der Waals surface area contributed by atoms with E-state index in [9.17, 15) is 4.79 Å². The quantitative estimate of drug-likeness (QED) is 0.813. The largest absolute Gasteiger partial charge is 0.472 e. The maximum Gasteiger partial charge on any atom is 0.246 e. The summed E-state index contributed by atoms with van der Waals surface area (Å²) in [6.45, 7) is 1.44. The molecule has 21 heavy (non-hydrogen) atoms. The monoisotopic (exact) mass is 321 g/mol. The van der Waals surface area contributed by atoms with Crippen LogP contribution >= 0.6 is 23.1 Å². The van der Waals surface area contributed by atoms with Gasteiger partial charge in [-0.15, -0.1) is 15.7 Å². The molecule has 2 aromatic rings. The number of piperidine rings is 1. The van der Waals surface area contributed by atoms with Crippen molar-refractivity contribution in [1.82, 2.24) is 13.6 Å². The van der Waals surface area contributed by atoms with Gasteiger partial charge in [0, 0.05) is 36.9 Å². The lowest BCUT2D eigenvalue weighted by atomic mass is 10.1. The molecule has 0 aliphatic carbocycles. The molecule has 1 fully saturated rings. The number of carbonyl (C=O) groups is 1. The molecule has 0 spiro atoms. The van der Waals surface area contributed by atoms with Crippen LogP contribution in [0.25, 0.3) is 6.08 Å². The summed E-state index contributed by atoms with van der Waals surface area (Å²) in [7, 11) is 0. The first kappa shape index (κ1) is 14.2. The van der Waals surface area contributed by atoms with Gasteiger partial charge in [0.25, 0.3) is 0 Å². The number of nitrogens with zero attached hydrogens (tertiary/aromatic N) is 3. The molecule has 1 amide bonds. The van der Waals surface area contributed by atoms with Crippen LogP contribution in [-0.4, -0.2) is 38.7 Å². The van der Waals surface area contributed by atoms with E-state index >= 15 is 0 Å². The van der Waals surface area contributed by atoms with Gasteiger partial charge in [-0.2, -0.15) is 4.37 Å². The van der Waals surface area contributed by atoms with Gasteiger partial charge < -0.3 is 9.64 Å². The number of thiophene rings is 1. The summed E-state index contributed by atoms with van der Waals surface area (Å²) in [5.74, 6) is 0.652. The lowest BCUT2D eigenvalue weighted by Crippen LogP contribution is -2.41. The third-order valence-electron chi connectivity index (χ3n) is 3.32. The zero-order chi connectivity index (χ0) is 14.5. The van der Waals surface area contributed by atoms with Crippen molar-refractivity contribution in [3.63, 3.8) is 0 Å². The van der Waals surface area contributed by atoms with E-state index in [4.69, 9.17) is 4.74 Å². The molecule has 1 aliphatic heterocycles. The number of hydrogen-bond acceptors (Lipinski definition) is 6. The smallest absolute Gasteiger partial charge is 0.246 e.